The van der Waals surface area contributed by atoms with Crippen molar-refractivity contribution in [3.8, 4) is 11.3 Å². The van der Waals surface area contributed by atoms with Gasteiger partial charge >= 0.3 is 0 Å². The van der Waals surface area contributed by atoms with E-state index in [4.69, 9.17) is 5.10 Å². The molecule has 0 bridgehead atoms. The Kier molecular flexibility index (Phi) is 6.91. The number of hydrogen-bond donors (Lipinski definition) is 2. The maximum Gasteiger partial charge on any atom is 0.117 e. The second-order valence-corrected chi connectivity index (χ2v) is 6.77. The van der Waals surface area contributed by atoms with E-state index in [1.807, 2.05) is 62.4 Å². The number of rotatable bonds is 7. The van der Waals surface area contributed by atoms with Crippen LogP contribution in [-0.4, -0.2) is 32.2 Å². The van der Waals surface area contributed by atoms with Gasteiger partial charge in [0, 0.05) is 17.6 Å². The van der Waals surface area contributed by atoms with Gasteiger partial charge in [0.1, 0.15) is 11.4 Å². The second-order valence-electron chi connectivity index (χ2n) is 6.77. The minimum absolute atomic E-state index is 0. The molecule has 26 heavy (non-hydrogen) atoms. The van der Waals surface area contributed by atoms with Gasteiger partial charge in [-0.05, 0) is 19.4 Å². The first kappa shape index (κ1) is 20.1. The molecule has 0 fully saturated rings. The van der Waals surface area contributed by atoms with Crippen LogP contribution in [-0.2, 0) is 13.1 Å². The fraction of sp³-hybridized carbons (Fsp3) is 0.300. The smallest absolute Gasteiger partial charge is 0.117 e. The summed E-state index contributed by atoms with van der Waals surface area (Å²) in [5, 5.41) is 22.2. The number of nitrogens with zero attached hydrogens (tertiary/aromatic N) is 3. The molecule has 5 nitrogen and oxygen atoms in total. The molecule has 0 aliphatic carbocycles. The molecule has 0 saturated heterocycles. The number of aliphatic hydroxyl groups is 1. The van der Waals surface area contributed by atoms with Gasteiger partial charge in [-0.25, -0.2) is 0 Å². The number of nitrogens with one attached hydrogen (secondary N) is 1. The summed E-state index contributed by atoms with van der Waals surface area (Å²) in [6, 6.07) is 20.2. The molecule has 2 aromatic carbocycles. The highest BCUT2D eigenvalue weighted by Crippen LogP contribution is 2.21. The van der Waals surface area contributed by atoms with Gasteiger partial charge in [0.15, 0.2) is 0 Å². The summed E-state index contributed by atoms with van der Waals surface area (Å²) in [5.41, 5.74) is 3.59. The molecule has 2 N–H and O–H groups in total. The highest BCUT2D eigenvalue weighted by molar-refractivity contribution is 5.85. The molecule has 138 valence electrons. The van der Waals surface area contributed by atoms with E-state index in [1.165, 1.54) is 0 Å². The van der Waals surface area contributed by atoms with Crippen LogP contribution in [0.4, 0.5) is 0 Å². The third-order valence-corrected chi connectivity index (χ3v) is 4.07. The average Bonchev–Trinajstić information content (AvgIpc) is 3.04. The molecule has 0 unspecified atom stereocenters. The monoisotopic (exact) mass is 372 g/mol. The third kappa shape index (κ3) is 5.14. The zero-order valence-electron chi connectivity index (χ0n) is 15.1. The van der Waals surface area contributed by atoms with Crippen LogP contribution in [0.2, 0.25) is 0 Å². The first-order chi connectivity index (χ1) is 12.1. The van der Waals surface area contributed by atoms with E-state index in [1.54, 1.807) is 4.80 Å². The number of aromatic nitrogens is 3. The van der Waals surface area contributed by atoms with Crippen molar-refractivity contribution >= 4 is 12.4 Å². The van der Waals surface area contributed by atoms with Crippen LogP contribution < -0.4 is 5.32 Å². The Morgan fingerprint density at radius 3 is 2.19 bits per heavy atom. The molecule has 0 radical (unpaired) electrons. The molecule has 0 aliphatic rings. The lowest BCUT2D eigenvalue weighted by molar-refractivity contribution is 0.187. The van der Waals surface area contributed by atoms with Gasteiger partial charge in [0.25, 0.3) is 0 Å². The predicted molar refractivity (Wildman–Crippen MR) is 106 cm³/mol. The highest BCUT2D eigenvalue weighted by Gasteiger charge is 2.19. The number of hydrogen-bond acceptors (Lipinski definition) is 4. The Morgan fingerprint density at radius 1 is 0.962 bits per heavy atom. The molecule has 0 amide bonds. The predicted octanol–water partition coefficient (Wildman–Crippen LogP) is 3.28. The average molecular weight is 373 g/mol. The Hall–Kier alpha value is -2.21. The lowest BCUT2D eigenvalue weighted by atomic mass is 10.1. The summed E-state index contributed by atoms with van der Waals surface area (Å²) < 4.78 is 0. The van der Waals surface area contributed by atoms with Gasteiger partial charge < -0.3 is 10.4 Å². The Labute approximate surface area is 160 Å². The summed E-state index contributed by atoms with van der Waals surface area (Å²) in [6.45, 7) is 5.16. The topological polar surface area (TPSA) is 63.0 Å². The molecular formula is C20H25ClN4O. The van der Waals surface area contributed by atoms with Crippen LogP contribution in [0, 0.1) is 0 Å². The number of aliphatic hydroxyl groups excluding tert-OH is 1. The second kappa shape index (κ2) is 8.94. The molecule has 0 spiro atoms. The van der Waals surface area contributed by atoms with E-state index in [0.29, 0.717) is 13.1 Å². The van der Waals surface area contributed by atoms with Crippen molar-refractivity contribution in [3.63, 3.8) is 0 Å². The van der Waals surface area contributed by atoms with Gasteiger partial charge in [-0.2, -0.15) is 15.0 Å². The fourth-order valence-electron chi connectivity index (χ4n) is 2.52. The van der Waals surface area contributed by atoms with E-state index >= 15 is 0 Å². The maximum absolute atomic E-state index is 9.45. The molecular weight excluding hydrogens is 348 g/mol. The van der Waals surface area contributed by atoms with Crippen molar-refractivity contribution < 1.29 is 5.11 Å². The van der Waals surface area contributed by atoms with Crippen molar-refractivity contribution in [2.24, 2.45) is 0 Å². The summed E-state index contributed by atoms with van der Waals surface area (Å²) in [6.07, 6.45) is 0. The van der Waals surface area contributed by atoms with Gasteiger partial charge in [-0.1, -0.05) is 60.7 Å². The van der Waals surface area contributed by atoms with E-state index in [9.17, 15) is 5.11 Å². The first-order valence-electron chi connectivity index (χ1n) is 8.47. The zero-order valence-corrected chi connectivity index (χ0v) is 15.9. The van der Waals surface area contributed by atoms with Crippen LogP contribution >= 0.6 is 12.4 Å². The summed E-state index contributed by atoms with van der Waals surface area (Å²) >= 11 is 0. The molecule has 3 rings (SSSR count). The Balaban J connectivity index is 0.00000243. The van der Waals surface area contributed by atoms with Crippen LogP contribution in [0.25, 0.3) is 11.3 Å². The SMILES string of the molecule is CC(C)(CO)NCc1nn(Cc2ccccc2)nc1-c1ccccc1.Cl. The van der Waals surface area contributed by atoms with Gasteiger partial charge in [0.2, 0.25) is 0 Å². The van der Waals surface area contributed by atoms with Crippen LogP contribution in [0.3, 0.4) is 0 Å². The number of benzene rings is 2. The van der Waals surface area contributed by atoms with E-state index in [0.717, 1.165) is 22.5 Å². The van der Waals surface area contributed by atoms with Crippen LogP contribution in [0.15, 0.2) is 60.7 Å². The van der Waals surface area contributed by atoms with E-state index < -0.39 is 0 Å². The molecule has 0 atom stereocenters. The van der Waals surface area contributed by atoms with Gasteiger partial charge in [-0.3, -0.25) is 0 Å². The minimum atomic E-state index is -0.364. The van der Waals surface area contributed by atoms with E-state index in [2.05, 4.69) is 22.5 Å². The van der Waals surface area contributed by atoms with Gasteiger partial charge in [0.05, 0.1) is 13.2 Å². The summed E-state index contributed by atoms with van der Waals surface area (Å²) in [7, 11) is 0. The van der Waals surface area contributed by atoms with Crippen molar-refractivity contribution in [1.82, 2.24) is 20.3 Å². The molecule has 0 aliphatic heterocycles. The Bertz CT molecular complexity index is 803. The van der Waals surface area contributed by atoms with Gasteiger partial charge in [-0.15, -0.1) is 12.4 Å². The normalized spacial score (nSPS) is 11.2. The summed E-state index contributed by atoms with van der Waals surface area (Å²) in [5.74, 6) is 0. The quantitative estimate of drug-likeness (QED) is 0.668. The van der Waals surface area contributed by atoms with Crippen molar-refractivity contribution in [1.29, 1.82) is 0 Å². The minimum Gasteiger partial charge on any atom is -0.394 e. The molecule has 1 heterocycles. The molecule has 0 saturated carbocycles. The fourth-order valence-corrected chi connectivity index (χ4v) is 2.52. The third-order valence-electron chi connectivity index (χ3n) is 4.07. The summed E-state index contributed by atoms with van der Waals surface area (Å²) in [4.78, 5) is 1.74. The van der Waals surface area contributed by atoms with Crippen molar-refractivity contribution in [3.05, 3.63) is 71.9 Å². The highest BCUT2D eigenvalue weighted by atomic mass is 35.5. The van der Waals surface area contributed by atoms with Crippen LogP contribution in [0.1, 0.15) is 25.1 Å². The molecule has 1 aromatic heterocycles. The maximum atomic E-state index is 9.45. The largest absolute Gasteiger partial charge is 0.394 e. The lowest BCUT2D eigenvalue weighted by Gasteiger charge is -2.23. The molecule has 6 heteroatoms. The number of halogens is 1. The first-order valence-corrected chi connectivity index (χ1v) is 8.47. The standard InChI is InChI=1S/C20H24N4O.ClH/c1-20(2,15-25)21-13-18-19(17-11-7-4-8-12-17)23-24(22-18)14-16-9-5-3-6-10-16;/h3-12,21,25H,13-15H2,1-2H3;1H. The lowest BCUT2D eigenvalue weighted by Crippen LogP contribution is -2.42. The molecule has 3 aromatic rings. The van der Waals surface area contributed by atoms with Crippen molar-refractivity contribution in [2.75, 3.05) is 6.61 Å². The van der Waals surface area contributed by atoms with E-state index in [-0.39, 0.29) is 24.6 Å². The Morgan fingerprint density at radius 2 is 1.58 bits per heavy atom. The van der Waals surface area contributed by atoms with Crippen LogP contribution in [0.5, 0.6) is 0 Å². The van der Waals surface area contributed by atoms with Crippen molar-refractivity contribution in [2.45, 2.75) is 32.5 Å². The zero-order chi connectivity index (χ0) is 17.7.